The van der Waals surface area contributed by atoms with Crippen molar-refractivity contribution in [2.45, 2.75) is 13.8 Å². The van der Waals surface area contributed by atoms with Crippen molar-refractivity contribution in [3.63, 3.8) is 0 Å². The SMILES string of the molecule is Cc1cc(C=C2SC(=Nc3cccc(Cl)c3Cl)NC2=O)cc(C)c1O. The minimum atomic E-state index is -0.231. The summed E-state index contributed by atoms with van der Waals surface area (Å²) in [6.45, 7) is 3.64. The molecule has 0 bridgehead atoms. The first kappa shape index (κ1) is 17.9. The first-order valence-electron chi connectivity index (χ1n) is 7.39. The lowest BCUT2D eigenvalue weighted by atomic mass is 10.1. The molecular formula is C18H14Cl2N2O2S. The molecule has 0 unspecified atom stereocenters. The van der Waals surface area contributed by atoms with Crippen LogP contribution in [-0.2, 0) is 4.79 Å². The standard InChI is InChI=1S/C18H14Cl2N2O2S/c1-9-6-11(7-10(2)16(9)23)8-14-17(24)22-18(25-14)21-13-5-3-4-12(19)15(13)20/h3-8,23H,1-2H3,(H,21,22,24). The Morgan fingerprint density at radius 3 is 2.56 bits per heavy atom. The van der Waals surface area contributed by atoms with Crippen molar-refractivity contribution in [1.82, 2.24) is 5.32 Å². The molecule has 1 aliphatic heterocycles. The van der Waals surface area contributed by atoms with Crippen molar-refractivity contribution >= 4 is 57.8 Å². The van der Waals surface area contributed by atoms with E-state index in [1.165, 1.54) is 11.8 Å². The number of aromatic hydroxyl groups is 1. The van der Waals surface area contributed by atoms with E-state index in [1.54, 1.807) is 24.3 Å². The van der Waals surface area contributed by atoms with Gasteiger partial charge < -0.3 is 10.4 Å². The number of halogens is 2. The quantitative estimate of drug-likeness (QED) is 0.689. The van der Waals surface area contributed by atoms with E-state index in [1.807, 2.05) is 26.0 Å². The average molecular weight is 393 g/mol. The zero-order chi connectivity index (χ0) is 18.1. The Kier molecular flexibility index (Phi) is 5.08. The Bertz CT molecular complexity index is 916. The second-order valence-electron chi connectivity index (χ2n) is 5.56. The summed E-state index contributed by atoms with van der Waals surface area (Å²) in [6, 6.07) is 8.79. The molecule has 3 rings (SSSR count). The van der Waals surface area contributed by atoms with E-state index in [0.29, 0.717) is 25.8 Å². The molecule has 0 spiro atoms. The van der Waals surface area contributed by atoms with Crippen LogP contribution in [0.5, 0.6) is 5.75 Å². The number of phenols is 1. The van der Waals surface area contributed by atoms with Gasteiger partial charge in [-0.1, -0.05) is 29.3 Å². The largest absolute Gasteiger partial charge is 0.507 e. The average Bonchev–Trinajstić information content (AvgIpc) is 2.89. The van der Waals surface area contributed by atoms with Gasteiger partial charge in [0, 0.05) is 0 Å². The fourth-order valence-electron chi connectivity index (χ4n) is 2.39. The predicted molar refractivity (Wildman–Crippen MR) is 105 cm³/mol. The fourth-order valence-corrected chi connectivity index (χ4v) is 3.57. The summed E-state index contributed by atoms with van der Waals surface area (Å²) >= 11 is 13.3. The molecule has 25 heavy (non-hydrogen) atoms. The van der Waals surface area contributed by atoms with E-state index in [9.17, 15) is 9.90 Å². The van der Waals surface area contributed by atoms with Gasteiger partial charge >= 0.3 is 0 Å². The number of thioether (sulfide) groups is 1. The summed E-state index contributed by atoms with van der Waals surface area (Å²) in [5.41, 5.74) is 2.85. The lowest BCUT2D eigenvalue weighted by Gasteiger charge is -2.05. The molecule has 1 aliphatic rings. The molecule has 2 aromatic carbocycles. The molecule has 1 fully saturated rings. The minimum Gasteiger partial charge on any atom is -0.507 e. The highest BCUT2D eigenvalue weighted by Crippen LogP contribution is 2.35. The molecule has 128 valence electrons. The fraction of sp³-hybridized carbons (Fsp3) is 0.111. The molecule has 7 heteroatoms. The molecule has 4 nitrogen and oxygen atoms in total. The van der Waals surface area contributed by atoms with Crippen molar-refractivity contribution in [2.75, 3.05) is 0 Å². The third-order valence-electron chi connectivity index (χ3n) is 3.62. The Labute approximate surface area is 159 Å². The highest BCUT2D eigenvalue weighted by atomic mass is 35.5. The molecule has 0 radical (unpaired) electrons. The molecule has 0 saturated carbocycles. The van der Waals surface area contributed by atoms with Crippen LogP contribution in [-0.4, -0.2) is 16.2 Å². The van der Waals surface area contributed by atoms with E-state index < -0.39 is 0 Å². The van der Waals surface area contributed by atoms with E-state index in [4.69, 9.17) is 23.2 Å². The van der Waals surface area contributed by atoms with Gasteiger partial charge in [-0.25, -0.2) is 4.99 Å². The minimum absolute atomic E-state index is 0.231. The molecular weight excluding hydrogens is 379 g/mol. The van der Waals surface area contributed by atoms with Crippen LogP contribution in [0.2, 0.25) is 10.0 Å². The number of nitrogens with zero attached hydrogens (tertiary/aromatic N) is 1. The normalized spacial score (nSPS) is 17.4. The van der Waals surface area contributed by atoms with Gasteiger partial charge in [-0.15, -0.1) is 0 Å². The second kappa shape index (κ2) is 7.12. The van der Waals surface area contributed by atoms with Gasteiger partial charge in [0.05, 0.1) is 20.6 Å². The third kappa shape index (κ3) is 3.84. The van der Waals surface area contributed by atoms with Gasteiger partial charge in [0.1, 0.15) is 5.75 Å². The molecule has 2 aromatic rings. The Morgan fingerprint density at radius 1 is 1.20 bits per heavy atom. The summed E-state index contributed by atoms with van der Waals surface area (Å²) in [6.07, 6.45) is 1.77. The highest BCUT2D eigenvalue weighted by molar-refractivity contribution is 8.18. The lowest BCUT2D eigenvalue weighted by Crippen LogP contribution is -2.19. The molecule has 0 aromatic heterocycles. The number of carbonyl (C=O) groups is 1. The van der Waals surface area contributed by atoms with Crippen LogP contribution in [0.1, 0.15) is 16.7 Å². The Morgan fingerprint density at radius 2 is 1.88 bits per heavy atom. The molecule has 0 atom stereocenters. The number of rotatable bonds is 2. The van der Waals surface area contributed by atoms with Crippen LogP contribution in [0.25, 0.3) is 6.08 Å². The van der Waals surface area contributed by atoms with E-state index in [-0.39, 0.29) is 11.7 Å². The first-order chi connectivity index (χ1) is 11.8. The number of nitrogens with one attached hydrogen (secondary N) is 1. The van der Waals surface area contributed by atoms with Crippen LogP contribution in [0.4, 0.5) is 5.69 Å². The predicted octanol–water partition coefficient (Wildman–Crippen LogP) is 5.21. The number of aryl methyl sites for hydroxylation is 2. The number of carbonyl (C=O) groups excluding carboxylic acids is 1. The van der Waals surface area contributed by atoms with Gasteiger partial charge in [0.15, 0.2) is 5.17 Å². The number of aliphatic imine (C=N–C) groups is 1. The summed E-state index contributed by atoms with van der Waals surface area (Å²) in [4.78, 5) is 17.1. The van der Waals surface area contributed by atoms with Crippen molar-refractivity contribution in [2.24, 2.45) is 4.99 Å². The van der Waals surface area contributed by atoms with E-state index in [2.05, 4.69) is 10.3 Å². The smallest absolute Gasteiger partial charge is 0.264 e. The highest BCUT2D eigenvalue weighted by Gasteiger charge is 2.24. The van der Waals surface area contributed by atoms with Gasteiger partial charge in [0.25, 0.3) is 5.91 Å². The maximum atomic E-state index is 12.2. The van der Waals surface area contributed by atoms with Crippen molar-refractivity contribution in [3.8, 4) is 5.75 Å². The van der Waals surface area contributed by atoms with Crippen LogP contribution >= 0.6 is 35.0 Å². The molecule has 1 saturated heterocycles. The van der Waals surface area contributed by atoms with Crippen molar-refractivity contribution in [3.05, 3.63) is 62.0 Å². The maximum Gasteiger partial charge on any atom is 0.264 e. The molecule has 2 N–H and O–H groups in total. The van der Waals surface area contributed by atoms with Gasteiger partial charge in [-0.3, -0.25) is 4.79 Å². The number of hydrogen-bond donors (Lipinski definition) is 2. The number of phenolic OH excluding ortho intramolecular Hbond substituents is 1. The zero-order valence-corrected chi connectivity index (χ0v) is 15.8. The molecule has 1 heterocycles. The molecule has 1 amide bonds. The number of hydrogen-bond acceptors (Lipinski definition) is 4. The van der Waals surface area contributed by atoms with Crippen LogP contribution in [0, 0.1) is 13.8 Å². The summed E-state index contributed by atoms with van der Waals surface area (Å²) in [5.74, 6) is 0.0359. The monoisotopic (exact) mass is 392 g/mol. The summed E-state index contributed by atoms with van der Waals surface area (Å²) < 4.78 is 0. The Balaban J connectivity index is 1.90. The third-order valence-corrected chi connectivity index (χ3v) is 5.33. The van der Waals surface area contributed by atoms with Crippen LogP contribution in [0.15, 0.2) is 40.2 Å². The Hall–Kier alpha value is -1.95. The summed E-state index contributed by atoms with van der Waals surface area (Å²) in [5, 5.41) is 13.8. The van der Waals surface area contributed by atoms with Crippen molar-refractivity contribution < 1.29 is 9.90 Å². The number of benzene rings is 2. The van der Waals surface area contributed by atoms with Gasteiger partial charge in [-0.05, 0) is 72.6 Å². The topological polar surface area (TPSA) is 61.7 Å². The number of amides is 1. The summed E-state index contributed by atoms with van der Waals surface area (Å²) in [7, 11) is 0. The number of amidine groups is 1. The lowest BCUT2D eigenvalue weighted by molar-refractivity contribution is -0.115. The second-order valence-corrected chi connectivity index (χ2v) is 7.37. The van der Waals surface area contributed by atoms with Crippen LogP contribution in [0.3, 0.4) is 0 Å². The van der Waals surface area contributed by atoms with Gasteiger partial charge in [-0.2, -0.15) is 0 Å². The zero-order valence-electron chi connectivity index (χ0n) is 13.4. The van der Waals surface area contributed by atoms with Crippen LogP contribution < -0.4 is 5.32 Å². The van der Waals surface area contributed by atoms with Crippen molar-refractivity contribution in [1.29, 1.82) is 0 Å². The van der Waals surface area contributed by atoms with E-state index in [0.717, 1.165) is 16.7 Å². The first-order valence-corrected chi connectivity index (χ1v) is 8.96. The van der Waals surface area contributed by atoms with E-state index >= 15 is 0 Å². The maximum absolute atomic E-state index is 12.2. The molecule has 0 aliphatic carbocycles. The van der Waals surface area contributed by atoms with Gasteiger partial charge in [0.2, 0.25) is 0 Å².